The number of benzene rings is 1. The number of H-pyrrole nitrogens is 1. The zero-order chi connectivity index (χ0) is 14.1. The van der Waals surface area contributed by atoms with Gasteiger partial charge in [0.25, 0.3) is 5.91 Å². The third-order valence-electron chi connectivity index (χ3n) is 3.10. The summed E-state index contributed by atoms with van der Waals surface area (Å²) in [5.41, 5.74) is 2.65. The van der Waals surface area contributed by atoms with Gasteiger partial charge < -0.3 is 10.3 Å². The number of rotatable bonds is 2. The highest BCUT2D eigenvalue weighted by Crippen LogP contribution is 2.19. The Labute approximate surface area is 124 Å². The Hall–Kier alpha value is -2.14. The van der Waals surface area contributed by atoms with Crippen molar-refractivity contribution in [3.63, 3.8) is 0 Å². The van der Waals surface area contributed by atoms with E-state index >= 15 is 0 Å². The maximum atomic E-state index is 12.2. The molecule has 3 aromatic rings. The molecule has 20 heavy (non-hydrogen) atoms. The summed E-state index contributed by atoms with van der Waals surface area (Å²) in [6.07, 6.45) is 3.53. The van der Waals surface area contributed by atoms with Crippen LogP contribution < -0.4 is 5.32 Å². The van der Waals surface area contributed by atoms with E-state index in [2.05, 4.69) is 31.2 Å². The van der Waals surface area contributed by atoms with Crippen LogP contribution in [0.15, 0.2) is 47.2 Å². The van der Waals surface area contributed by atoms with Crippen molar-refractivity contribution in [2.75, 3.05) is 5.32 Å². The lowest BCUT2D eigenvalue weighted by molar-refractivity contribution is 0.102. The summed E-state index contributed by atoms with van der Waals surface area (Å²) in [5, 5.41) is 3.81. The summed E-state index contributed by atoms with van der Waals surface area (Å²) in [7, 11) is 0. The number of halogens is 1. The summed E-state index contributed by atoms with van der Waals surface area (Å²) in [4.78, 5) is 19.5. The fraction of sp³-hybridized carbons (Fsp3) is 0.0667. The van der Waals surface area contributed by atoms with Gasteiger partial charge in [0.15, 0.2) is 0 Å². The van der Waals surface area contributed by atoms with E-state index in [9.17, 15) is 4.79 Å². The van der Waals surface area contributed by atoms with Crippen molar-refractivity contribution in [2.45, 2.75) is 6.92 Å². The van der Waals surface area contributed by atoms with E-state index in [0.717, 1.165) is 20.9 Å². The predicted octanol–water partition coefficient (Wildman–Crippen LogP) is 3.89. The van der Waals surface area contributed by atoms with Crippen LogP contribution in [0.5, 0.6) is 0 Å². The molecule has 5 heteroatoms. The number of anilines is 1. The van der Waals surface area contributed by atoms with Gasteiger partial charge in [-0.05, 0) is 58.7 Å². The fourth-order valence-corrected chi connectivity index (χ4v) is 2.21. The van der Waals surface area contributed by atoms with Crippen molar-refractivity contribution in [1.29, 1.82) is 0 Å². The Bertz CT molecular complexity index is 795. The van der Waals surface area contributed by atoms with Crippen molar-refractivity contribution in [1.82, 2.24) is 9.97 Å². The molecule has 0 saturated carbocycles. The topological polar surface area (TPSA) is 57.8 Å². The number of aromatic amines is 1. The summed E-state index contributed by atoms with van der Waals surface area (Å²) >= 11 is 3.38. The molecule has 0 aliphatic heterocycles. The monoisotopic (exact) mass is 329 g/mol. The second kappa shape index (κ2) is 5.09. The molecule has 1 aromatic carbocycles. The Kier molecular flexibility index (Phi) is 3.28. The zero-order valence-corrected chi connectivity index (χ0v) is 12.4. The van der Waals surface area contributed by atoms with Crippen LogP contribution in [-0.2, 0) is 0 Å². The second-order valence-electron chi connectivity index (χ2n) is 4.55. The van der Waals surface area contributed by atoms with Gasteiger partial charge in [0.2, 0.25) is 0 Å². The van der Waals surface area contributed by atoms with Gasteiger partial charge in [-0.1, -0.05) is 0 Å². The van der Waals surface area contributed by atoms with E-state index in [4.69, 9.17) is 0 Å². The van der Waals surface area contributed by atoms with Gasteiger partial charge in [-0.3, -0.25) is 4.79 Å². The van der Waals surface area contributed by atoms with E-state index in [1.807, 2.05) is 37.4 Å². The molecule has 0 atom stereocenters. The number of nitrogens with one attached hydrogen (secondary N) is 2. The van der Waals surface area contributed by atoms with Gasteiger partial charge in [-0.2, -0.15) is 0 Å². The first-order chi connectivity index (χ1) is 9.63. The van der Waals surface area contributed by atoms with Crippen LogP contribution in [0, 0.1) is 6.92 Å². The van der Waals surface area contributed by atoms with Gasteiger partial charge in [0.1, 0.15) is 5.82 Å². The minimum Gasteiger partial charge on any atom is -0.361 e. The molecule has 3 rings (SSSR count). The molecule has 0 radical (unpaired) electrons. The van der Waals surface area contributed by atoms with E-state index in [1.165, 1.54) is 0 Å². The minimum absolute atomic E-state index is 0.165. The van der Waals surface area contributed by atoms with Crippen molar-refractivity contribution >= 4 is 38.6 Å². The Morgan fingerprint density at radius 2 is 2.15 bits per heavy atom. The molecular weight excluding hydrogens is 318 g/mol. The third-order valence-corrected chi connectivity index (χ3v) is 3.93. The molecule has 0 fully saturated rings. The average molecular weight is 330 g/mol. The number of pyridine rings is 1. The second-order valence-corrected chi connectivity index (χ2v) is 5.41. The van der Waals surface area contributed by atoms with Crippen molar-refractivity contribution < 1.29 is 4.79 Å². The number of carbonyl (C=O) groups excluding carboxylic acids is 1. The average Bonchev–Trinajstić information content (AvgIpc) is 2.90. The van der Waals surface area contributed by atoms with Gasteiger partial charge >= 0.3 is 0 Å². The van der Waals surface area contributed by atoms with E-state index in [-0.39, 0.29) is 5.91 Å². The van der Waals surface area contributed by atoms with Gasteiger partial charge in [0, 0.05) is 33.3 Å². The number of carbonyl (C=O) groups is 1. The maximum Gasteiger partial charge on any atom is 0.256 e. The minimum atomic E-state index is -0.165. The van der Waals surface area contributed by atoms with Gasteiger partial charge in [0.05, 0.1) is 0 Å². The number of fused-ring (bicyclic) bond motifs is 1. The van der Waals surface area contributed by atoms with Crippen LogP contribution in [0.4, 0.5) is 5.82 Å². The molecular formula is C15H12BrN3O. The van der Waals surface area contributed by atoms with Crippen LogP contribution >= 0.6 is 15.9 Å². The number of amides is 1. The SMILES string of the molecule is Cc1cc(NC(=O)c2ccc3[nH]ccc3c2)ncc1Br. The largest absolute Gasteiger partial charge is 0.361 e. The molecule has 0 aliphatic carbocycles. The number of aryl methyl sites for hydroxylation is 1. The lowest BCUT2D eigenvalue weighted by Crippen LogP contribution is -2.12. The number of hydrogen-bond acceptors (Lipinski definition) is 2. The Balaban J connectivity index is 1.86. The molecule has 100 valence electrons. The highest BCUT2D eigenvalue weighted by molar-refractivity contribution is 9.10. The molecule has 0 unspecified atom stereocenters. The fourth-order valence-electron chi connectivity index (χ4n) is 1.99. The highest BCUT2D eigenvalue weighted by atomic mass is 79.9. The van der Waals surface area contributed by atoms with Gasteiger partial charge in [-0.15, -0.1) is 0 Å². The number of aromatic nitrogens is 2. The molecule has 1 amide bonds. The molecule has 2 aromatic heterocycles. The normalized spacial score (nSPS) is 10.7. The molecule has 0 saturated heterocycles. The smallest absolute Gasteiger partial charge is 0.256 e. The lowest BCUT2D eigenvalue weighted by atomic mass is 10.1. The molecule has 0 bridgehead atoms. The quantitative estimate of drug-likeness (QED) is 0.749. The van der Waals surface area contributed by atoms with Crippen LogP contribution in [0.2, 0.25) is 0 Å². The Morgan fingerprint density at radius 1 is 1.30 bits per heavy atom. The predicted molar refractivity (Wildman–Crippen MR) is 82.9 cm³/mol. The van der Waals surface area contributed by atoms with E-state index in [1.54, 1.807) is 12.3 Å². The van der Waals surface area contributed by atoms with Crippen LogP contribution in [0.1, 0.15) is 15.9 Å². The first-order valence-corrected chi connectivity index (χ1v) is 6.93. The summed E-state index contributed by atoms with van der Waals surface area (Å²) < 4.78 is 0.921. The van der Waals surface area contributed by atoms with Crippen molar-refractivity contribution in [3.05, 3.63) is 58.3 Å². The lowest BCUT2D eigenvalue weighted by Gasteiger charge is -2.06. The first kappa shape index (κ1) is 12.9. The highest BCUT2D eigenvalue weighted by Gasteiger charge is 2.08. The maximum absolute atomic E-state index is 12.2. The molecule has 4 nitrogen and oxygen atoms in total. The van der Waals surface area contributed by atoms with Crippen LogP contribution in [0.25, 0.3) is 10.9 Å². The molecule has 0 aliphatic rings. The Morgan fingerprint density at radius 3 is 2.95 bits per heavy atom. The van der Waals surface area contributed by atoms with Gasteiger partial charge in [-0.25, -0.2) is 4.98 Å². The van der Waals surface area contributed by atoms with E-state index < -0.39 is 0 Å². The molecule has 0 spiro atoms. The number of hydrogen-bond donors (Lipinski definition) is 2. The third kappa shape index (κ3) is 2.44. The van der Waals surface area contributed by atoms with Crippen molar-refractivity contribution in [3.8, 4) is 0 Å². The summed E-state index contributed by atoms with van der Waals surface area (Å²) in [6, 6.07) is 9.31. The van der Waals surface area contributed by atoms with Crippen molar-refractivity contribution in [2.24, 2.45) is 0 Å². The number of nitrogens with zero attached hydrogens (tertiary/aromatic N) is 1. The van der Waals surface area contributed by atoms with Crippen LogP contribution in [-0.4, -0.2) is 15.9 Å². The molecule has 2 heterocycles. The first-order valence-electron chi connectivity index (χ1n) is 6.14. The van der Waals surface area contributed by atoms with Crippen LogP contribution in [0.3, 0.4) is 0 Å². The van der Waals surface area contributed by atoms with E-state index in [0.29, 0.717) is 11.4 Å². The molecule has 2 N–H and O–H groups in total. The summed E-state index contributed by atoms with van der Waals surface area (Å²) in [6.45, 7) is 1.95. The summed E-state index contributed by atoms with van der Waals surface area (Å²) in [5.74, 6) is 0.382. The zero-order valence-electron chi connectivity index (χ0n) is 10.8. The standard InChI is InChI=1S/C15H12BrN3O/c1-9-6-14(18-8-12(9)16)19-15(20)11-2-3-13-10(7-11)4-5-17-13/h2-8,17H,1H3,(H,18,19,20).